The number of para-hydroxylation sites is 1. The monoisotopic (exact) mass is 400 g/mol. The second-order valence-corrected chi connectivity index (χ2v) is 9.26. The Morgan fingerprint density at radius 2 is 1.76 bits per heavy atom. The number of fused-ring (bicyclic) bond motifs is 1. The third-order valence-corrected chi connectivity index (χ3v) is 4.89. The van der Waals surface area contributed by atoms with Crippen molar-refractivity contribution in [1.82, 2.24) is 15.6 Å². The number of amides is 3. The Hall–Kier alpha value is -2.83. The molecule has 2 aromatic rings. The molecule has 7 nitrogen and oxygen atoms in total. The zero-order valence-corrected chi connectivity index (χ0v) is 17.9. The highest BCUT2D eigenvalue weighted by Gasteiger charge is 2.34. The average Bonchev–Trinajstić information content (AvgIpc) is 3.00. The van der Waals surface area contributed by atoms with E-state index in [0.717, 1.165) is 16.5 Å². The molecule has 0 saturated carbocycles. The summed E-state index contributed by atoms with van der Waals surface area (Å²) < 4.78 is 0. The van der Waals surface area contributed by atoms with Crippen LogP contribution in [0.3, 0.4) is 0 Å². The van der Waals surface area contributed by atoms with E-state index >= 15 is 0 Å². The van der Waals surface area contributed by atoms with Crippen LogP contribution in [-0.2, 0) is 20.8 Å². The highest BCUT2D eigenvalue weighted by atomic mass is 16.2. The van der Waals surface area contributed by atoms with E-state index in [2.05, 4.69) is 15.6 Å². The van der Waals surface area contributed by atoms with E-state index in [1.807, 2.05) is 51.2 Å². The van der Waals surface area contributed by atoms with Crippen molar-refractivity contribution in [2.45, 2.75) is 53.5 Å². The third kappa shape index (κ3) is 6.07. The summed E-state index contributed by atoms with van der Waals surface area (Å²) in [5.74, 6) is -1.23. The van der Waals surface area contributed by atoms with Gasteiger partial charge in [0.1, 0.15) is 5.41 Å². The number of nitrogens with two attached hydrogens (primary N) is 1. The predicted molar refractivity (Wildman–Crippen MR) is 114 cm³/mol. The number of hydrogen-bond acceptors (Lipinski definition) is 3. The van der Waals surface area contributed by atoms with Gasteiger partial charge >= 0.3 is 0 Å². The number of aromatic nitrogens is 1. The summed E-state index contributed by atoms with van der Waals surface area (Å²) >= 11 is 0. The maximum absolute atomic E-state index is 12.5. The minimum Gasteiger partial charge on any atom is -0.369 e. The lowest BCUT2D eigenvalue weighted by molar-refractivity contribution is -0.139. The van der Waals surface area contributed by atoms with Crippen molar-refractivity contribution in [3.8, 4) is 0 Å². The fourth-order valence-electron chi connectivity index (χ4n) is 3.05. The van der Waals surface area contributed by atoms with Gasteiger partial charge in [0.05, 0.1) is 6.04 Å². The lowest BCUT2D eigenvalue weighted by atomic mass is 9.91. The predicted octanol–water partition coefficient (Wildman–Crippen LogP) is 2.26. The molecular formula is C22H32N4O3. The lowest BCUT2D eigenvalue weighted by Gasteiger charge is -2.25. The van der Waals surface area contributed by atoms with E-state index in [4.69, 9.17) is 5.73 Å². The van der Waals surface area contributed by atoms with E-state index in [1.54, 1.807) is 0 Å². The van der Waals surface area contributed by atoms with Gasteiger partial charge in [-0.2, -0.15) is 0 Å². The van der Waals surface area contributed by atoms with Gasteiger partial charge in [-0.05, 0) is 37.3 Å². The Morgan fingerprint density at radius 1 is 1.10 bits per heavy atom. The van der Waals surface area contributed by atoms with Crippen molar-refractivity contribution in [3.63, 3.8) is 0 Å². The molecular weight excluding hydrogens is 368 g/mol. The van der Waals surface area contributed by atoms with Gasteiger partial charge in [0.2, 0.25) is 17.7 Å². The number of nitrogens with one attached hydrogen (secondary N) is 3. The molecule has 0 aliphatic carbocycles. The first-order chi connectivity index (χ1) is 13.4. The zero-order chi connectivity index (χ0) is 21.8. The number of rotatable bonds is 8. The highest BCUT2D eigenvalue weighted by molar-refractivity contribution is 6.03. The fourth-order valence-corrected chi connectivity index (χ4v) is 3.05. The first-order valence-corrected chi connectivity index (χ1v) is 9.83. The molecule has 0 fully saturated rings. The van der Waals surface area contributed by atoms with Crippen LogP contribution in [0.4, 0.5) is 0 Å². The zero-order valence-electron chi connectivity index (χ0n) is 17.9. The van der Waals surface area contributed by atoms with E-state index in [9.17, 15) is 14.4 Å². The van der Waals surface area contributed by atoms with Crippen molar-refractivity contribution in [2.75, 3.05) is 6.54 Å². The standard InChI is InChI=1S/C22H32N4O3/c1-21(2,3)11-18(27)26-15(13-25-20(29)22(4,5)19(23)28)10-14-12-24-17-9-7-6-8-16(14)17/h6-9,12,15,24H,10-11,13H2,1-5H3,(H2,23,28)(H,25,29)(H,26,27). The quantitative estimate of drug-likeness (QED) is 0.509. The number of carbonyl (C=O) groups excluding carboxylic acids is 3. The van der Waals surface area contributed by atoms with Crippen LogP contribution in [0.25, 0.3) is 10.9 Å². The molecule has 1 heterocycles. The Bertz CT molecular complexity index is 893. The molecule has 1 unspecified atom stereocenters. The van der Waals surface area contributed by atoms with E-state index in [0.29, 0.717) is 12.8 Å². The number of carbonyl (C=O) groups is 3. The molecule has 1 aromatic carbocycles. The van der Waals surface area contributed by atoms with Crippen molar-refractivity contribution in [3.05, 3.63) is 36.0 Å². The maximum atomic E-state index is 12.5. The molecule has 2 rings (SSSR count). The first kappa shape index (κ1) is 22.5. The minimum absolute atomic E-state index is 0.0780. The molecule has 7 heteroatoms. The highest BCUT2D eigenvalue weighted by Crippen LogP contribution is 2.21. The van der Waals surface area contributed by atoms with Crippen molar-refractivity contribution >= 4 is 28.6 Å². The summed E-state index contributed by atoms with van der Waals surface area (Å²) in [5, 5.41) is 6.87. The Kier molecular flexibility index (Phi) is 6.72. The summed E-state index contributed by atoms with van der Waals surface area (Å²) in [6.45, 7) is 9.16. The van der Waals surface area contributed by atoms with Gasteiger partial charge in [0.15, 0.2) is 0 Å². The van der Waals surface area contributed by atoms with Crippen LogP contribution in [0.15, 0.2) is 30.5 Å². The second-order valence-electron chi connectivity index (χ2n) is 9.26. The van der Waals surface area contributed by atoms with Crippen LogP contribution >= 0.6 is 0 Å². The molecule has 1 atom stereocenters. The van der Waals surface area contributed by atoms with Gasteiger partial charge in [-0.15, -0.1) is 0 Å². The summed E-state index contributed by atoms with van der Waals surface area (Å²) in [5.41, 5.74) is 5.92. The van der Waals surface area contributed by atoms with Crippen LogP contribution < -0.4 is 16.4 Å². The topological polar surface area (TPSA) is 117 Å². The summed E-state index contributed by atoms with van der Waals surface area (Å²) in [6, 6.07) is 7.60. The van der Waals surface area contributed by atoms with Crippen LogP contribution in [0.5, 0.6) is 0 Å². The van der Waals surface area contributed by atoms with Gasteiger partial charge in [-0.25, -0.2) is 0 Å². The molecule has 3 amide bonds. The fraction of sp³-hybridized carbons (Fsp3) is 0.500. The molecule has 1 aromatic heterocycles. The Morgan fingerprint density at radius 3 is 2.38 bits per heavy atom. The Balaban J connectivity index is 2.15. The number of H-pyrrole nitrogens is 1. The molecule has 0 spiro atoms. The average molecular weight is 401 g/mol. The molecule has 0 aliphatic rings. The van der Waals surface area contributed by atoms with Crippen molar-refractivity contribution < 1.29 is 14.4 Å². The van der Waals surface area contributed by atoms with E-state index in [-0.39, 0.29) is 23.9 Å². The molecule has 0 aliphatic heterocycles. The van der Waals surface area contributed by atoms with Gasteiger partial charge < -0.3 is 21.4 Å². The van der Waals surface area contributed by atoms with Crippen LogP contribution in [-0.4, -0.2) is 35.3 Å². The number of hydrogen-bond donors (Lipinski definition) is 4. The summed E-state index contributed by atoms with van der Waals surface area (Å²) in [6.07, 6.45) is 2.83. The molecule has 29 heavy (non-hydrogen) atoms. The summed E-state index contributed by atoms with van der Waals surface area (Å²) in [7, 11) is 0. The van der Waals surface area contributed by atoms with Gasteiger partial charge in [0.25, 0.3) is 0 Å². The molecule has 5 N–H and O–H groups in total. The smallest absolute Gasteiger partial charge is 0.235 e. The number of primary amides is 1. The number of aromatic amines is 1. The minimum atomic E-state index is -1.32. The molecule has 0 saturated heterocycles. The van der Waals surface area contributed by atoms with Crippen molar-refractivity contribution in [2.24, 2.45) is 16.6 Å². The largest absolute Gasteiger partial charge is 0.369 e. The molecule has 0 bridgehead atoms. The van der Waals surface area contributed by atoms with Crippen LogP contribution in [0, 0.1) is 10.8 Å². The second kappa shape index (κ2) is 8.68. The maximum Gasteiger partial charge on any atom is 0.235 e. The van der Waals surface area contributed by atoms with Gasteiger partial charge in [-0.1, -0.05) is 39.0 Å². The SMILES string of the molecule is CC(C)(C)CC(=O)NC(CNC(=O)C(C)(C)C(N)=O)Cc1c[nH]c2ccccc12. The van der Waals surface area contributed by atoms with Crippen LogP contribution in [0.2, 0.25) is 0 Å². The van der Waals surface area contributed by atoms with Crippen molar-refractivity contribution in [1.29, 1.82) is 0 Å². The number of benzene rings is 1. The third-order valence-electron chi connectivity index (χ3n) is 4.89. The normalized spacial score (nSPS) is 13.1. The molecule has 0 radical (unpaired) electrons. The van der Waals surface area contributed by atoms with Gasteiger partial charge in [0, 0.05) is 30.1 Å². The van der Waals surface area contributed by atoms with E-state index < -0.39 is 17.2 Å². The first-order valence-electron chi connectivity index (χ1n) is 9.83. The summed E-state index contributed by atoms with van der Waals surface area (Å²) in [4.78, 5) is 39.7. The van der Waals surface area contributed by atoms with E-state index in [1.165, 1.54) is 13.8 Å². The lowest BCUT2D eigenvalue weighted by Crippen LogP contribution is -2.51. The Labute approximate surface area is 171 Å². The van der Waals surface area contributed by atoms with Crippen LogP contribution in [0.1, 0.15) is 46.6 Å². The molecule has 158 valence electrons. The van der Waals surface area contributed by atoms with Gasteiger partial charge in [-0.3, -0.25) is 14.4 Å².